The lowest BCUT2D eigenvalue weighted by Crippen LogP contribution is -2.32. The number of carbonyl (C=O) groups excluding carboxylic acids is 4. The summed E-state index contributed by atoms with van der Waals surface area (Å²) < 4.78 is 9.83. The van der Waals surface area contributed by atoms with Crippen LogP contribution in [0.25, 0.3) is 0 Å². The molecule has 0 spiro atoms. The average molecular weight is 457 g/mol. The number of anilines is 2. The smallest absolute Gasteiger partial charge is 0.338 e. The topological polar surface area (TPSA) is 102 Å². The molecule has 0 saturated carbocycles. The molecule has 1 heterocycles. The number of nitrogens with one attached hydrogen (secondary N) is 1. The summed E-state index contributed by atoms with van der Waals surface area (Å²) in [6.07, 6.45) is 1.70. The van der Waals surface area contributed by atoms with Crippen molar-refractivity contribution in [2.75, 3.05) is 23.9 Å². The summed E-state index contributed by atoms with van der Waals surface area (Å²) in [5.74, 6) is -2.44. The fourth-order valence-electron chi connectivity index (χ4n) is 2.96. The van der Waals surface area contributed by atoms with E-state index in [4.69, 9.17) is 16.3 Å². The van der Waals surface area contributed by atoms with Crippen LogP contribution in [0.15, 0.2) is 59.3 Å². The number of ether oxygens (including phenoxy) is 2. The summed E-state index contributed by atoms with van der Waals surface area (Å²) in [5.41, 5.74) is 1.07. The van der Waals surface area contributed by atoms with Crippen LogP contribution in [0.3, 0.4) is 0 Å². The van der Waals surface area contributed by atoms with E-state index >= 15 is 0 Å². The van der Waals surface area contributed by atoms with Gasteiger partial charge < -0.3 is 14.8 Å². The Labute approximate surface area is 189 Å². The van der Waals surface area contributed by atoms with Gasteiger partial charge >= 0.3 is 11.9 Å². The number of halogens is 1. The van der Waals surface area contributed by atoms with Crippen molar-refractivity contribution in [1.82, 2.24) is 0 Å². The van der Waals surface area contributed by atoms with Gasteiger partial charge in [-0.3, -0.25) is 9.59 Å². The normalized spacial score (nSPS) is 13.4. The summed E-state index contributed by atoms with van der Waals surface area (Å²) in [5, 5.41) is 2.54. The van der Waals surface area contributed by atoms with Crippen LogP contribution in [0, 0.1) is 0 Å². The number of hydrogen-bond acceptors (Lipinski definition) is 7. The van der Waals surface area contributed by atoms with Crippen molar-refractivity contribution in [1.29, 1.82) is 0 Å². The second-order valence-corrected chi connectivity index (χ2v) is 7.25. The molecule has 0 radical (unpaired) electrons. The molecule has 1 aliphatic heterocycles. The first-order valence-electron chi connectivity index (χ1n) is 9.88. The number of amides is 2. The Hall–Kier alpha value is -3.65. The molecule has 1 aliphatic rings. The van der Waals surface area contributed by atoms with E-state index in [0.29, 0.717) is 17.9 Å². The summed E-state index contributed by atoms with van der Waals surface area (Å²) >= 11 is 6.14. The molecule has 2 aromatic rings. The van der Waals surface area contributed by atoms with Crippen LogP contribution in [0.4, 0.5) is 11.4 Å². The molecule has 0 bridgehead atoms. The Morgan fingerprint density at radius 3 is 2.38 bits per heavy atom. The number of nitrogens with zero attached hydrogens (tertiary/aromatic N) is 1. The molecule has 0 unspecified atom stereocenters. The van der Waals surface area contributed by atoms with E-state index in [1.165, 1.54) is 31.4 Å². The van der Waals surface area contributed by atoms with Crippen molar-refractivity contribution in [3.05, 3.63) is 70.4 Å². The summed E-state index contributed by atoms with van der Waals surface area (Å²) in [6.45, 7) is 2.35. The van der Waals surface area contributed by atoms with Crippen molar-refractivity contribution in [2.45, 2.75) is 19.8 Å². The van der Waals surface area contributed by atoms with Crippen LogP contribution in [0.2, 0.25) is 0 Å². The van der Waals surface area contributed by atoms with E-state index < -0.39 is 23.8 Å². The number of esters is 2. The molecule has 166 valence electrons. The summed E-state index contributed by atoms with van der Waals surface area (Å²) in [6, 6.07) is 12.1. The van der Waals surface area contributed by atoms with Crippen molar-refractivity contribution in [2.24, 2.45) is 0 Å². The predicted octanol–water partition coefficient (Wildman–Crippen LogP) is 3.87. The Balaban J connectivity index is 1.76. The van der Waals surface area contributed by atoms with Gasteiger partial charge in [0.25, 0.3) is 11.8 Å². The fraction of sp³-hybridized carbons (Fsp3) is 0.217. The van der Waals surface area contributed by atoms with Crippen molar-refractivity contribution in [3.8, 4) is 0 Å². The maximum Gasteiger partial charge on any atom is 0.338 e. The van der Waals surface area contributed by atoms with Gasteiger partial charge in [-0.05, 0) is 48.9 Å². The molecular weight excluding hydrogens is 436 g/mol. The van der Waals surface area contributed by atoms with Gasteiger partial charge in [-0.1, -0.05) is 31.0 Å². The molecule has 2 aromatic carbocycles. The zero-order valence-corrected chi connectivity index (χ0v) is 18.3. The minimum Gasteiger partial charge on any atom is -0.465 e. The van der Waals surface area contributed by atoms with Gasteiger partial charge in [0.05, 0.1) is 30.5 Å². The zero-order valence-electron chi connectivity index (χ0n) is 17.5. The molecule has 0 aliphatic carbocycles. The minimum atomic E-state index is -0.725. The first-order valence-corrected chi connectivity index (χ1v) is 10.3. The van der Waals surface area contributed by atoms with Gasteiger partial charge in [0, 0.05) is 5.69 Å². The van der Waals surface area contributed by atoms with Crippen LogP contribution in [-0.4, -0.2) is 37.5 Å². The first kappa shape index (κ1) is 23.0. The molecule has 9 heteroatoms. The van der Waals surface area contributed by atoms with Crippen molar-refractivity contribution < 1.29 is 28.7 Å². The van der Waals surface area contributed by atoms with E-state index in [2.05, 4.69) is 10.1 Å². The molecule has 0 fully saturated rings. The van der Waals surface area contributed by atoms with E-state index in [-0.39, 0.29) is 22.0 Å². The molecular formula is C23H21ClN2O6. The summed E-state index contributed by atoms with van der Waals surface area (Å²) in [7, 11) is 1.23. The molecule has 32 heavy (non-hydrogen) atoms. The maximum absolute atomic E-state index is 12.9. The van der Waals surface area contributed by atoms with Gasteiger partial charge in [-0.25, -0.2) is 14.5 Å². The van der Waals surface area contributed by atoms with E-state index in [9.17, 15) is 19.2 Å². The van der Waals surface area contributed by atoms with Gasteiger partial charge in [0.2, 0.25) is 0 Å². The monoisotopic (exact) mass is 456 g/mol. The Kier molecular flexibility index (Phi) is 7.27. The van der Waals surface area contributed by atoms with Gasteiger partial charge in [0.15, 0.2) is 0 Å². The van der Waals surface area contributed by atoms with E-state index in [1.807, 2.05) is 6.92 Å². The Bertz CT molecular complexity index is 1090. The fourth-order valence-corrected chi connectivity index (χ4v) is 3.17. The van der Waals surface area contributed by atoms with E-state index in [0.717, 1.165) is 17.7 Å². The summed E-state index contributed by atoms with van der Waals surface area (Å²) in [4.78, 5) is 50.2. The van der Waals surface area contributed by atoms with Crippen LogP contribution in [0.1, 0.15) is 40.5 Å². The number of benzene rings is 2. The third-order valence-electron chi connectivity index (χ3n) is 4.67. The number of unbranched alkanes of at least 4 members (excludes halogenated alkanes) is 1. The molecule has 8 nitrogen and oxygen atoms in total. The molecule has 0 atom stereocenters. The van der Waals surface area contributed by atoms with Gasteiger partial charge in [-0.15, -0.1) is 0 Å². The predicted molar refractivity (Wildman–Crippen MR) is 118 cm³/mol. The number of imide groups is 1. The highest BCUT2D eigenvalue weighted by Crippen LogP contribution is 2.30. The molecule has 2 amide bonds. The first-order chi connectivity index (χ1) is 15.4. The molecule has 1 N–H and O–H groups in total. The number of rotatable bonds is 8. The van der Waals surface area contributed by atoms with Crippen molar-refractivity contribution >= 4 is 46.7 Å². The van der Waals surface area contributed by atoms with E-state index in [1.54, 1.807) is 24.3 Å². The number of carbonyl (C=O) groups is 4. The van der Waals surface area contributed by atoms with Crippen LogP contribution < -0.4 is 10.2 Å². The number of methoxy groups -OCH3 is 1. The van der Waals surface area contributed by atoms with Crippen LogP contribution in [0.5, 0.6) is 0 Å². The SMILES string of the molecule is CCCCOC(=O)c1ccc(NC2=C(Cl)C(=O)N(c3cccc(C(=O)OC)c3)C2=O)cc1. The maximum atomic E-state index is 12.9. The standard InChI is InChI=1S/C23H21ClN2O6/c1-3-4-12-32-23(30)14-8-10-16(11-9-14)25-19-18(24)20(27)26(21(19)28)17-7-5-6-15(13-17)22(29)31-2/h5-11,13,25H,3-4,12H2,1-2H3. The minimum absolute atomic E-state index is 0.113. The zero-order chi connectivity index (χ0) is 23.3. The third-order valence-corrected chi connectivity index (χ3v) is 5.02. The molecule has 0 saturated heterocycles. The van der Waals surface area contributed by atoms with Crippen LogP contribution >= 0.6 is 11.6 Å². The van der Waals surface area contributed by atoms with Crippen molar-refractivity contribution in [3.63, 3.8) is 0 Å². The van der Waals surface area contributed by atoms with Gasteiger partial charge in [-0.2, -0.15) is 0 Å². The van der Waals surface area contributed by atoms with Gasteiger partial charge in [0.1, 0.15) is 10.7 Å². The average Bonchev–Trinajstić information content (AvgIpc) is 3.02. The highest BCUT2D eigenvalue weighted by molar-refractivity contribution is 6.53. The third kappa shape index (κ3) is 4.81. The van der Waals surface area contributed by atoms with Crippen LogP contribution in [-0.2, 0) is 19.1 Å². The highest BCUT2D eigenvalue weighted by atomic mass is 35.5. The highest BCUT2D eigenvalue weighted by Gasteiger charge is 2.39. The quantitative estimate of drug-likeness (QED) is 0.365. The largest absolute Gasteiger partial charge is 0.465 e. The lowest BCUT2D eigenvalue weighted by Gasteiger charge is -2.16. The Morgan fingerprint density at radius 2 is 1.72 bits per heavy atom. The second-order valence-electron chi connectivity index (χ2n) is 6.87. The number of hydrogen-bond donors (Lipinski definition) is 1. The lowest BCUT2D eigenvalue weighted by molar-refractivity contribution is -0.120. The lowest BCUT2D eigenvalue weighted by atomic mass is 10.2. The molecule has 0 aromatic heterocycles. The molecule has 3 rings (SSSR count). The Morgan fingerprint density at radius 1 is 1.00 bits per heavy atom. The second kappa shape index (κ2) is 10.1.